The van der Waals surface area contributed by atoms with Crippen LogP contribution in [0.4, 0.5) is 0 Å². The molecule has 6 aromatic heterocycles. The van der Waals surface area contributed by atoms with Gasteiger partial charge in [0.25, 0.3) is 0 Å². The second-order valence-corrected chi connectivity index (χ2v) is 34.2. The van der Waals surface area contributed by atoms with E-state index in [2.05, 4.69) is 537 Å². The lowest BCUT2D eigenvalue weighted by molar-refractivity contribution is 1.13. The highest BCUT2D eigenvalue weighted by Crippen LogP contribution is 2.45. The fourth-order valence-corrected chi connectivity index (χ4v) is 20.9. The first-order chi connectivity index (χ1) is 65.5. The van der Waals surface area contributed by atoms with Gasteiger partial charge in [0.15, 0.2) is 0 Å². The number of nitrogens with zero attached hydrogens (tertiary/aromatic N) is 6. The lowest BCUT2D eigenvalue weighted by Crippen LogP contribution is -2.00. The van der Waals surface area contributed by atoms with Gasteiger partial charge in [0, 0.05) is 98.8 Å². The number of hydrogen-bond donors (Lipinski definition) is 0. The normalized spacial score (nSPS) is 11.6. The van der Waals surface area contributed by atoms with Crippen molar-refractivity contribution in [1.29, 1.82) is 0 Å². The predicted molar refractivity (Wildman–Crippen MR) is 558 cm³/mol. The fourth-order valence-electron chi connectivity index (χ4n) is 20.9. The Kier molecular flexibility index (Phi) is 18.8. The standard InChI is InChI=1S/3C42H28N2/c1-2-13-29(14-3-1)30-15-12-16-31(25-30)32-26-33(43-39-21-8-4-17-35(39)36-18-5-9-22-40(36)43)28-34(27-32)44-41-23-10-6-19-37(41)38-20-7-11-24-42(38)44;1-2-12-29(13-3-1)30-22-24-31(25-23-30)32-26-33(43-39-18-8-4-14-35(39)36-15-5-9-19-40(36)43)28-34(27-32)44-41-20-10-6-16-37(41)38-17-7-11-21-42(38)44;1-2-14-29(15-3-1)33-16-4-5-17-34(33)30-26-31(43-39-22-10-6-18-35(39)36-19-7-11-23-40(36)43)28-32(27-30)44-41-24-12-8-20-37(41)38-21-9-13-25-42(38)44/h3*1-28H. The maximum absolute atomic E-state index is 2.43. The third-order valence-electron chi connectivity index (χ3n) is 26.7. The average Bonchev–Trinajstić information content (AvgIpc) is 1.58. The molecule has 0 saturated heterocycles. The quantitative estimate of drug-likeness (QED) is 0.117. The highest BCUT2D eigenvalue weighted by atomic mass is 15.0. The Labute approximate surface area is 763 Å². The van der Waals surface area contributed by atoms with E-state index >= 15 is 0 Å². The zero-order valence-electron chi connectivity index (χ0n) is 72.2. The van der Waals surface area contributed by atoms with Gasteiger partial charge in [-0.25, -0.2) is 0 Å². The summed E-state index contributed by atoms with van der Waals surface area (Å²) in [5.74, 6) is 0. The number of hydrogen-bond acceptors (Lipinski definition) is 0. The van der Waals surface area contributed by atoms with E-state index in [0.717, 1.165) is 34.1 Å². The van der Waals surface area contributed by atoms with Gasteiger partial charge in [-0.2, -0.15) is 0 Å². The first-order valence-electron chi connectivity index (χ1n) is 45.4. The minimum Gasteiger partial charge on any atom is -0.309 e. The summed E-state index contributed by atoms with van der Waals surface area (Å²) in [6.45, 7) is 0. The van der Waals surface area contributed by atoms with Crippen molar-refractivity contribution in [3.05, 3.63) is 510 Å². The minimum absolute atomic E-state index is 1.14. The average molecular weight is 1680 g/mol. The Morgan fingerprint density at radius 2 is 0.250 bits per heavy atom. The molecule has 0 aliphatic rings. The topological polar surface area (TPSA) is 29.6 Å². The maximum atomic E-state index is 2.43. The van der Waals surface area contributed by atoms with E-state index in [1.807, 2.05) is 0 Å². The van der Waals surface area contributed by atoms with Crippen molar-refractivity contribution in [2.24, 2.45) is 0 Å². The van der Waals surface area contributed by atoms with Gasteiger partial charge in [0.05, 0.1) is 66.2 Å². The molecule has 0 aliphatic heterocycles. The van der Waals surface area contributed by atoms with Crippen molar-refractivity contribution >= 4 is 131 Å². The fraction of sp³-hybridized carbons (Fsp3) is 0. The molecule has 0 unspecified atom stereocenters. The third kappa shape index (κ3) is 13.2. The summed E-state index contributed by atoms with van der Waals surface area (Å²) in [6.07, 6.45) is 0. The van der Waals surface area contributed by atoms with Crippen molar-refractivity contribution in [2.45, 2.75) is 0 Å². The molecule has 0 aliphatic carbocycles. The summed E-state index contributed by atoms with van der Waals surface area (Å²) in [4.78, 5) is 0. The molecular formula is C126H84N6. The second-order valence-electron chi connectivity index (χ2n) is 34.2. The van der Waals surface area contributed by atoms with Crippen LogP contribution in [0.1, 0.15) is 0 Å². The van der Waals surface area contributed by atoms with E-state index in [-0.39, 0.29) is 0 Å². The molecule has 6 nitrogen and oxygen atoms in total. The first kappa shape index (κ1) is 76.8. The van der Waals surface area contributed by atoms with Crippen molar-refractivity contribution in [3.8, 4) is 101 Å². The summed E-state index contributed by atoms with van der Waals surface area (Å²) < 4.78 is 14.5. The molecule has 0 radical (unpaired) electrons. The van der Waals surface area contributed by atoms with Gasteiger partial charge in [-0.05, 0) is 200 Å². The summed E-state index contributed by atoms with van der Waals surface area (Å²) in [7, 11) is 0. The van der Waals surface area contributed by atoms with Crippen LogP contribution in [0.3, 0.4) is 0 Å². The number of rotatable bonds is 12. The molecule has 6 heterocycles. The Bertz CT molecular complexity index is 8430. The summed E-state index contributed by atoms with van der Waals surface area (Å²) in [6, 6.07) is 185. The summed E-state index contributed by atoms with van der Waals surface area (Å²) in [5.41, 5.74) is 35.8. The van der Waals surface area contributed by atoms with Crippen LogP contribution in [-0.4, -0.2) is 27.4 Å². The van der Waals surface area contributed by atoms with Crippen LogP contribution in [0.2, 0.25) is 0 Å². The van der Waals surface area contributed by atoms with E-state index in [4.69, 9.17) is 0 Å². The van der Waals surface area contributed by atoms with Gasteiger partial charge in [0.2, 0.25) is 0 Å². The molecule has 6 heteroatoms. The van der Waals surface area contributed by atoms with Gasteiger partial charge in [0.1, 0.15) is 0 Å². The Morgan fingerprint density at radius 1 is 0.0909 bits per heavy atom. The Balaban J connectivity index is 0.000000106. The Morgan fingerprint density at radius 3 is 0.500 bits per heavy atom. The zero-order chi connectivity index (χ0) is 87.1. The van der Waals surface area contributed by atoms with E-state index in [0.29, 0.717) is 0 Å². The van der Waals surface area contributed by atoms with Gasteiger partial charge in [-0.3, -0.25) is 0 Å². The predicted octanol–water partition coefficient (Wildman–Crippen LogP) is 33.6. The molecule has 0 spiro atoms. The molecule has 0 saturated carbocycles. The van der Waals surface area contributed by atoms with Gasteiger partial charge in [-0.1, -0.05) is 376 Å². The number of para-hydroxylation sites is 12. The van der Waals surface area contributed by atoms with Crippen molar-refractivity contribution in [3.63, 3.8) is 0 Å². The number of fused-ring (bicyclic) bond motifs is 18. The number of benzene rings is 21. The number of aromatic nitrogens is 6. The van der Waals surface area contributed by atoms with E-state index in [1.165, 1.54) is 198 Å². The van der Waals surface area contributed by atoms with Crippen LogP contribution < -0.4 is 0 Å². The van der Waals surface area contributed by atoms with E-state index < -0.39 is 0 Å². The van der Waals surface area contributed by atoms with Crippen molar-refractivity contribution in [2.75, 3.05) is 0 Å². The van der Waals surface area contributed by atoms with E-state index in [1.54, 1.807) is 0 Å². The molecule has 27 rings (SSSR count). The van der Waals surface area contributed by atoms with Crippen molar-refractivity contribution in [1.82, 2.24) is 27.4 Å². The summed E-state index contributed by atoms with van der Waals surface area (Å²) >= 11 is 0. The lowest BCUT2D eigenvalue weighted by atomic mass is 9.94. The smallest absolute Gasteiger partial charge is 0.0541 e. The Hall–Kier alpha value is -17.6. The zero-order valence-corrected chi connectivity index (χ0v) is 72.2. The van der Waals surface area contributed by atoms with Crippen LogP contribution in [0.25, 0.3) is 232 Å². The monoisotopic (exact) mass is 1680 g/mol. The molecule has 27 aromatic rings. The largest absolute Gasteiger partial charge is 0.309 e. The molecule has 618 valence electrons. The van der Waals surface area contributed by atoms with Crippen LogP contribution in [-0.2, 0) is 0 Å². The van der Waals surface area contributed by atoms with Gasteiger partial charge >= 0.3 is 0 Å². The molecule has 0 fully saturated rings. The summed E-state index contributed by atoms with van der Waals surface area (Å²) in [5, 5.41) is 15.1. The molecule has 21 aromatic carbocycles. The lowest BCUT2D eigenvalue weighted by Gasteiger charge is -2.17. The molecule has 0 atom stereocenters. The van der Waals surface area contributed by atoms with Gasteiger partial charge < -0.3 is 27.4 Å². The third-order valence-corrected chi connectivity index (χ3v) is 26.7. The van der Waals surface area contributed by atoms with Crippen LogP contribution in [0.15, 0.2) is 510 Å². The molecule has 0 bridgehead atoms. The highest BCUT2D eigenvalue weighted by molar-refractivity contribution is 6.15. The molecule has 0 N–H and O–H groups in total. The maximum Gasteiger partial charge on any atom is 0.0541 e. The van der Waals surface area contributed by atoms with Crippen LogP contribution in [0, 0.1) is 0 Å². The molecular weight excluding hydrogens is 1600 g/mol. The van der Waals surface area contributed by atoms with Crippen molar-refractivity contribution < 1.29 is 0 Å². The van der Waals surface area contributed by atoms with Crippen LogP contribution >= 0.6 is 0 Å². The van der Waals surface area contributed by atoms with E-state index in [9.17, 15) is 0 Å². The molecule has 132 heavy (non-hydrogen) atoms. The van der Waals surface area contributed by atoms with Crippen LogP contribution in [0.5, 0.6) is 0 Å². The SMILES string of the molecule is c1ccc(-c2ccc(-c3cc(-n4c5ccccc5c5ccccc54)cc(-n4c5ccccc5c5ccccc54)c3)cc2)cc1.c1ccc(-c2cccc(-c3cc(-n4c5ccccc5c5ccccc54)cc(-n4c5ccccc5c5ccccc54)c3)c2)cc1.c1ccc(-c2ccccc2-c2cc(-n3c4ccccc4c4ccccc43)cc(-n3c4ccccc4c4ccccc43)c2)cc1. The molecule has 0 amide bonds. The highest BCUT2D eigenvalue weighted by Gasteiger charge is 2.24. The minimum atomic E-state index is 1.14. The van der Waals surface area contributed by atoms with Gasteiger partial charge in [-0.15, -0.1) is 0 Å². The second kappa shape index (κ2) is 32.4. The first-order valence-corrected chi connectivity index (χ1v) is 45.4.